The monoisotopic (exact) mass is 248 g/mol. The fraction of sp³-hybridized carbons (Fsp3) is 0.625. The molecule has 1 N–H and O–H groups in total. The lowest BCUT2D eigenvalue weighted by molar-refractivity contribution is 0.280. The van der Waals surface area contributed by atoms with Gasteiger partial charge in [0.25, 0.3) is 0 Å². The lowest BCUT2D eigenvalue weighted by Gasteiger charge is -2.19. The van der Waals surface area contributed by atoms with E-state index in [0.29, 0.717) is 0 Å². The lowest BCUT2D eigenvalue weighted by atomic mass is 10.1. The molecule has 1 rings (SSSR count). The maximum Gasteiger partial charge on any atom is 0.0233 e. The topological polar surface area (TPSA) is 15.3 Å². The molecule has 0 saturated carbocycles. The Morgan fingerprint density at radius 3 is 2.50 bits per heavy atom. The highest BCUT2D eigenvalue weighted by Crippen LogP contribution is 2.09. The van der Waals surface area contributed by atoms with Crippen molar-refractivity contribution in [2.75, 3.05) is 19.6 Å². The second-order valence-corrected chi connectivity index (χ2v) is 4.87. The van der Waals surface area contributed by atoms with E-state index in [-0.39, 0.29) is 0 Å². The molecule has 0 amide bonds. The van der Waals surface area contributed by atoms with Crippen LogP contribution in [0.1, 0.15) is 44.7 Å². The van der Waals surface area contributed by atoms with Crippen LogP contribution in [0.5, 0.6) is 0 Å². The summed E-state index contributed by atoms with van der Waals surface area (Å²) in [6.45, 7) is 12.2. The Bertz CT molecular complexity index is 323. The quantitative estimate of drug-likeness (QED) is 0.674. The van der Waals surface area contributed by atoms with Crippen LogP contribution >= 0.6 is 0 Å². The van der Waals surface area contributed by atoms with Gasteiger partial charge in [0.15, 0.2) is 0 Å². The molecule has 0 aromatic heterocycles. The Labute approximate surface area is 112 Å². The summed E-state index contributed by atoms with van der Waals surface area (Å²) < 4.78 is 0. The van der Waals surface area contributed by atoms with Crippen molar-refractivity contribution in [2.24, 2.45) is 0 Å². The summed E-state index contributed by atoms with van der Waals surface area (Å²) in [5.74, 6) is 0. The Kier molecular flexibility index (Phi) is 7.70. The highest BCUT2D eigenvalue weighted by atomic mass is 15.1. The molecule has 0 heterocycles. The van der Waals surface area contributed by atoms with Gasteiger partial charge < -0.3 is 5.32 Å². The summed E-state index contributed by atoms with van der Waals surface area (Å²) in [6, 6.07) is 8.96. The van der Waals surface area contributed by atoms with Gasteiger partial charge in [-0.05, 0) is 43.6 Å². The van der Waals surface area contributed by atoms with E-state index in [0.717, 1.165) is 26.2 Å². The predicted octanol–water partition coefficient (Wildman–Crippen LogP) is 3.42. The van der Waals surface area contributed by atoms with Gasteiger partial charge in [-0.1, -0.05) is 45.0 Å². The first-order chi connectivity index (χ1) is 8.80. The van der Waals surface area contributed by atoms with Gasteiger partial charge in [-0.2, -0.15) is 0 Å². The molecule has 0 aliphatic heterocycles. The Hall–Kier alpha value is -0.860. The van der Waals surface area contributed by atoms with Crippen LogP contribution in [0.4, 0.5) is 0 Å². The molecule has 0 radical (unpaired) electrons. The van der Waals surface area contributed by atoms with E-state index in [1.807, 2.05) is 0 Å². The SMILES string of the molecule is CCCNCc1cccc(CN(CC)CCC)c1. The summed E-state index contributed by atoms with van der Waals surface area (Å²) in [4.78, 5) is 2.50. The molecule has 0 atom stereocenters. The molecule has 102 valence electrons. The van der Waals surface area contributed by atoms with Crippen LogP contribution in [-0.4, -0.2) is 24.5 Å². The molecule has 2 heteroatoms. The largest absolute Gasteiger partial charge is 0.313 e. The van der Waals surface area contributed by atoms with Crippen LogP contribution in [0.25, 0.3) is 0 Å². The normalized spacial score (nSPS) is 11.1. The van der Waals surface area contributed by atoms with Gasteiger partial charge in [-0.15, -0.1) is 0 Å². The third-order valence-electron chi connectivity index (χ3n) is 3.14. The zero-order valence-electron chi connectivity index (χ0n) is 12.2. The van der Waals surface area contributed by atoms with Crippen LogP contribution in [0.3, 0.4) is 0 Å². The second-order valence-electron chi connectivity index (χ2n) is 4.87. The van der Waals surface area contributed by atoms with Crippen LogP contribution in [-0.2, 0) is 13.1 Å². The highest BCUT2D eigenvalue weighted by Gasteiger charge is 2.03. The number of hydrogen-bond donors (Lipinski definition) is 1. The molecule has 0 aliphatic rings. The average Bonchev–Trinajstić information content (AvgIpc) is 2.39. The molecule has 18 heavy (non-hydrogen) atoms. The zero-order chi connectivity index (χ0) is 13.2. The minimum absolute atomic E-state index is 0.988. The second kappa shape index (κ2) is 9.12. The number of hydrogen-bond acceptors (Lipinski definition) is 2. The van der Waals surface area contributed by atoms with Crippen LogP contribution in [0, 0.1) is 0 Å². The Morgan fingerprint density at radius 1 is 1.06 bits per heavy atom. The van der Waals surface area contributed by atoms with Crippen molar-refractivity contribution in [3.63, 3.8) is 0 Å². The van der Waals surface area contributed by atoms with E-state index in [1.54, 1.807) is 0 Å². The van der Waals surface area contributed by atoms with Crippen molar-refractivity contribution >= 4 is 0 Å². The van der Waals surface area contributed by atoms with Crippen molar-refractivity contribution in [3.05, 3.63) is 35.4 Å². The summed E-state index contributed by atoms with van der Waals surface area (Å²) in [5, 5.41) is 3.46. The van der Waals surface area contributed by atoms with Gasteiger partial charge in [0.2, 0.25) is 0 Å². The van der Waals surface area contributed by atoms with E-state index >= 15 is 0 Å². The molecule has 0 bridgehead atoms. The number of rotatable bonds is 9. The van der Waals surface area contributed by atoms with E-state index in [1.165, 1.54) is 30.5 Å². The third kappa shape index (κ3) is 5.65. The molecule has 0 spiro atoms. The highest BCUT2D eigenvalue weighted by molar-refractivity contribution is 5.23. The number of benzene rings is 1. The Balaban J connectivity index is 2.52. The summed E-state index contributed by atoms with van der Waals surface area (Å²) in [5.41, 5.74) is 2.83. The van der Waals surface area contributed by atoms with Crippen molar-refractivity contribution in [2.45, 2.75) is 46.7 Å². The van der Waals surface area contributed by atoms with Crippen LogP contribution in [0.2, 0.25) is 0 Å². The fourth-order valence-electron chi connectivity index (χ4n) is 2.17. The number of nitrogens with zero attached hydrogens (tertiary/aromatic N) is 1. The molecule has 0 unspecified atom stereocenters. The van der Waals surface area contributed by atoms with Crippen molar-refractivity contribution in [3.8, 4) is 0 Å². The van der Waals surface area contributed by atoms with Gasteiger partial charge in [-0.25, -0.2) is 0 Å². The van der Waals surface area contributed by atoms with Gasteiger partial charge in [0.05, 0.1) is 0 Å². The first-order valence-electron chi connectivity index (χ1n) is 7.31. The van der Waals surface area contributed by atoms with Gasteiger partial charge in [0, 0.05) is 13.1 Å². The summed E-state index contributed by atoms with van der Waals surface area (Å²) >= 11 is 0. The molecular formula is C16H28N2. The van der Waals surface area contributed by atoms with E-state index in [4.69, 9.17) is 0 Å². The summed E-state index contributed by atoms with van der Waals surface area (Å²) in [7, 11) is 0. The molecule has 0 fully saturated rings. The van der Waals surface area contributed by atoms with Crippen LogP contribution < -0.4 is 5.32 Å². The molecule has 2 nitrogen and oxygen atoms in total. The molecular weight excluding hydrogens is 220 g/mol. The van der Waals surface area contributed by atoms with Gasteiger partial charge in [-0.3, -0.25) is 4.90 Å². The fourth-order valence-corrected chi connectivity index (χ4v) is 2.17. The number of nitrogens with one attached hydrogen (secondary N) is 1. The van der Waals surface area contributed by atoms with Gasteiger partial charge in [0.1, 0.15) is 0 Å². The van der Waals surface area contributed by atoms with Crippen molar-refractivity contribution < 1.29 is 0 Å². The maximum absolute atomic E-state index is 3.46. The minimum atomic E-state index is 0.988. The average molecular weight is 248 g/mol. The molecule has 0 aliphatic carbocycles. The zero-order valence-corrected chi connectivity index (χ0v) is 12.2. The van der Waals surface area contributed by atoms with Crippen LogP contribution in [0.15, 0.2) is 24.3 Å². The standard InChI is InChI=1S/C16H28N2/c1-4-10-17-13-15-8-7-9-16(12-15)14-18(6-3)11-5-2/h7-9,12,17H,4-6,10-11,13-14H2,1-3H3. The van der Waals surface area contributed by atoms with Crippen molar-refractivity contribution in [1.82, 2.24) is 10.2 Å². The molecule has 1 aromatic rings. The van der Waals surface area contributed by atoms with Crippen molar-refractivity contribution in [1.29, 1.82) is 0 Å². The van der Waals surface area contributed by atoms with E-state index in [2.05, 4.69) is 55.3 Å². The lowest BCUT2D eigenvalue weighted by Crippen LogP contribution is -2.23. The van der Waals surface area contributed by atoms with E-state index < -0.39 is 0 Å². The Morgan fingerprint density at radius 2 is 1.83 bits per heavy atom. The first-order valence-corrected chi connectivity index (χ1v) is 7.31. The molecule has 0 saturated heterocycles. The third-order valence-corrected chi connectivity index (χ3v) is 3.14. The minimum Gasteiger partial charge on any atom is -0.313 e. The maximum atomic E-state index is 3.46. The first kappa shape index (κ1) is 15.2. The van der Waals surface area contributed by atoms with E-state index in [9.17, 15) is 0 Å². The molecule has 1 aromatic carbocycles. The smallest absolute Gasteiger partial charge is 0.0233 e. The van der Waals surface area contributed by atoms with Gasteiger partial charge >= 0.3 is 0 Å². The predicted molar refractivity (Wildman–Crippen MR) is 79.7 cm³/mol. The summed E-state index contributed by atoms with van der Waals surface area (Å²) in [6.07, 6.45) is 2.42.